The average molecular weight is 227 g/mol. The first-order valence-corrected chi connectivity index (χ1v) is 5.90. The highest BCUT2D eigenvalue weighted by Crippen LogP contribution is 2.20. The van der Waals surface area contributed by atoms with Crippen LogP contribution in [0.1, 0.15) is 30.5 Å². The second-order valence-corrected chi connectivity index (χ2v) is 4.13. The monoisotopic (exact) mass is 227 g/mol. The maximum Gasteiger partial charge on any atom is 0.149 e. The Hall–Kier alpha value is -1.90. The maximum absolute atomic E-state index is 4.09. The minimum absolute atomic E-state index is 0.285. The molecule has 0 spiro atoms. The fourth-order valence-electron chi connectivity index (χ4n) is 1.82. The molecule has 17 heavy (non-hydrogen) atoms. The lowest BCUT2D eigenvalue weighted by Gasteiger charge is -2.17. The van der Waals surface area contributed by atoms with Gasteiger partial charge >= 0.3 is 0 Å². The Morgan fingerprint density at radius 3 is 2.65 bits per heavy atom. The van der Waals surface area contributed by atoms with Gasteiger partial charge in [0, 0.05) is 0 Å². The van der Waals surface area contributed by atoms with E-state index < -0.39 is 0 Å². The Morgan fingerprint density at radius 2 is 2.00 bits per heavy atom. The van der Waals surface area contributed by atoms with Gasteiger partial charge in [-0.1, -0.05) is 37.3 Å². The van der Waals surface area contributed by atoms with Crippen molar-refractivity contribution < 1.29 is 0 Å². The highest BCUT2D eigenvalue weighted by Gasteiger charge is 2.09. The summed E-state index contributed by atoms with van der Waals surface area (Å²) < 4.78 is 0. The van der Waals surface area contributed by atoms with Gasteiger partial charge in [0.1, 0.15) is 5.82 Å². The second-order valence-electron chi connectivity index (χ2n) is 4.13. The first-order chi connectivity index (χ1) is 8.29. The highest BCUT2D eigenvalue weighted by atomic mass is 15.2. The third kappa shape index (κ3) is 3.03. The number of rotatable bonds is 4. The molecule has 88 valence electrons. The normalized spacial score (nSPS) is 12.1. The summed E-state index contributed by atoms with van der Waals surface area (Å²) in [5.74, 6) is 0.834. The van der Waals surface area contributed by atoms with E-state index >= 15 is 0 Å². The molecule has 1 aromatic carbocycles. The second kappa shape index (κ2) is 5.43. The average Bonchev–Trinajstić information content (AvgIpc) is 2.37. The number of anilines is 1. The van der Waals surface area contributed by atoms with Crippen LogP contribution in [0, 0.1) is 6.92 Å². The van der Waals surface area contributed by atoms with Crippen LogP contribution in [0.4, 0.5) is 5.82 Å². The van der Waals surface area contributed by atoms with Crippen molar-refractivity contribution in [3.63, 3.8) is 0 Å². The van der Waals surface area contributed by atoms with E-state index in [1.54, 1.807) is 6.20 Å². The minimum Gasteiger partial charge on any atom is -0.362 e. The molecular formula is C14H17N3. The molecule has 0 aliphatic carbocycles. The lowest BCUT2D eigenvalue weighted by molar-refractivity contribution is 0.740. The van der Waals surface area contributed by atoms with Gasteiger partial charge in [-0.25, -0.2) is 0 Å². The molecule has 0 bridgehead atoms. The van der Waals surface area contributed by atoms with Gasteiger partial charge in [-0.15, -0.1) is 5.10 Å². The summed E-state index contributed by atoms with van der Waals surface area (Å²) in [6.45, 7) is 4.18. The molecule has 0 saturated heterocycles. The van der Waals surface area contributed by atoms with Crippen LogP contribution in [-0.4, -0.2) is 10.2 Å². The molecular weight excluding hydrogens is 210 g/mol. The van der Waals surface area contributed by atoms with E-state index in [0.717, 1.165) is 17.8 Å². The molecule has 3 heteroatoms. The number of hydrogen-bond acceptors (Lipinski definition) is 3. The van der Waals surface area contributed by atoms with Crippen molar-refractivity contribution in [2.45, 2.75) is 26.3 Å². The van der Waals surface area contributed by atoms with E-state index in [2.05, 4.69) is 46.7 Å². The van der Waals surface area contributed by atoms with Crippen LogP contribution in [0.15, 0.2) is 42.6 Å². The molecule has 3 nitrogen and oxygen atoms in total. The lowest BCUT2D eigenvalue weighted by atomic mass is 10.0. The van der Waals surface area contributed by atoms with E-state index in [1.165, 1.54) is 5.56 Å². The smallest absolute Gasteiger partial charge is 0.149 e. The van der Waals surface area contributed by atoms with Crippen LogP contribution in [-0.2, 0) is 0 Å². The van der Waals surface area contributed by atoms with Crippen molar-refractivity contribution in [1.82, 2.24) is 10.2 Å². The van der Waals surface area contributed by atoms with Crippen molar-refractivity contribution >= 4 is 5.82 Å². The predicted molar refractivity (Wildman–Crippen MR) is 69.9 cm³/mol. The molecule has 1 atom stereocenters. The van der Waals surface area contributed by atoms with Crippen molar-refractivity contribution in [3.05, 3.63) is 53.7 Å². The Bertz CT molecular complexity index is 468. The molecule has 1 N–H and O–H groups in total. The van der Waals surface area contributed by atoms with Crippen LogP contribution in [0.3, 0.4) is 0 Å². The number of benzene rings is 1. The zero-order chi connectivity index (χ0) is 12.1. The molecule has 0 fully saturated rings. The summed E-state index contributed by atoms with van der Waals surface area (Å²) >= 11 is 0. The number of aromatic nitrogens is 2. The van der Waals surface area contributed by atoms with Gasteiger partial charge in [0.2, 0.25) is 0 Å². The number of nitrogens with one attached hydrogen (secondary N) is 1. The molecule has 2 aromatic rings. The Morgan fingerprint density at radius 1 is 1.24 bits per heavy atom. The lowest BCUT2D eigenvalue weighted by Crippen LogP contribution is -2.11. The summed E-state index contributed by atoms with van der Waals surface area (Å²) in [7, 11) is 0. The molecule has 0 saturated carbocycles. The summed E-state index contributed by atoms with van der Waals surface area (Å²) in [5, 5.41) is 11.5. The summed E-state index contributed by atoms with van der Waals surface area (Å²) in [4.78, 5) is 0. The molecule has 1 aromatic heterocycles. The Balaban J connectivity index is 2.16. The fraction of sp³-hybridized carbons (Fsp3) is 0.286. The van der Waals surface area contributed by atoms with Crippen molar-refractivity contribution in [1.29, 1.82) is 0 Å². The van der Waals surface area contributed by atoms with Crippen LogP contribution in [0.2, 0.25) is 0 Å². The number of aryl methyl sites for hydroxylation is 1. The van der Waals surface area contributed by atoms with Crippen molar-refractivity contribution in [3.8, 4) is 0 Å². The van der Waals surface area contributed by atoms with Crippen molar-refractivity contribution in [2.75, 3.05) is 5.32 Å². The third-order valence-corrected chi connectivity index (χ3v) is 2.72. The molecule has 1 heterocycles. The van der Waals surface area contributed by atoms with Gasteiger partial charge in [-0.05, 0) is 30.5 Å². The van der Waals surface area contributed by atoms with E-state index in [-0.39, 0.29) is 6.04 Å². The van der Waals surface area contributed by atoms with Crippen LogP contribution >= 0.6 is 0 Å². The zero-order valence-corrected chi connectivity index (χ0v) is 10.2. The maximum atomic E-state index is 4.09. The molecule has 0 aliphatic rings. The summed E-state index contributed by atoms with van der Waals surface area (Å²) in [5.41, 5.74) is 2.39. The third-order valence-electron chi connectivity index (χ3n) is 2.72. The van der Waals surface area contributed by atoms with Gasteiger partial charge in [-0.3, -0.25) is 0 Å². The van der Waals surface area contributed by atoms with Crippen LogP contribution in [0.25, 0.3) is 0 Å². The molecule has 1 unspecified atom stereocenters. The van der Waals surface area contributed by atoms with E-state index in [1.807, 2.05) is 19.1 Å². The summed E-state index contributed by atoms with van der Waals surface area (Å²) in [6.07, 6.45) is 2.77. The first kappa shape index (κ1) is 11.6. The van der Waals surface area contributed by atoms with Gasteiger partial charge in [0.25, 0.3) is 0 Å². The van der Waals surface area contributed by atoms with E-state index in [4.69, 9.17) is 0 Å². The van der Waals surface area contributed by atoms with Crippen LogP contribution < -0.4 is 5.32 Å². The van der Waals surface area contributed by atoms with Gasteiger partial charge in [0.05, 0.1) is 12.2 Å². The Kier molecular flexibility index (Phi) is 3.70. The van der Waals surface area contributed by atoms with Gasteiger partial charge < -0.3 is 5.32 Å². The standard InChI is InChI=1S/C14H17N3/c1-3-13(12-7-5-4-6-8-12)16-14-9-11(2)10-15-17-14/h4-10,13H,3H2,1-2H3,(H,16,17). The first-order valence-electron chi connectivity index (χ1n) is 5.90. The van der Waals surface area contributed by atoms with Crippen LogP contribution in [0.5, 0.6) is 0 Å². The topological polar surface area (TPSA) is 37.8 Å². The Labute approximate surface area is 102 Å². The minimum atomic E-state index is 0.285. The van der Waals surface area contributed by atoms with Gasteiger partial charge in [0.15, 0.2) is 0 Å². The number of nitrogens with zero attached hydrogens (tertiary/aromatic N) is 2. The SMILES string of the molecule is CCC(Nc1cc(C)cnn1)c1ccccc1. The largest absolute Gasteiger partial charge is 0.362 e. The quantitative estimate of drug-likeness (QED) is 0.870. The molecule has 0 amide bonds. The van der Waals surface area contributed by atoms with E-state index in [0.29, 0.717) is 0 Å². The highest BCUT2D eigenvalue weighted by molar-refractivity contribution is 5.38. The van der Waals surface area contributed by atoms with Gasteiger partial charge in [-0.2, -0.15) is 5.10 Å². The summed E-state index contributed by atoms with van der Waals surface area (Å²) in [6, 6.07) is 12.7. The predicted octanol–water partition coefficient (Wildman–Crippen LogP) is 3.35. The molecule has 2 rings (SSSR count). The molecule has 0 aliphatic heterocycles. The zero-order valence-electron chi connectivity index (χ0n) is 10.2. The molecule has 0 radical (unpaired) electrons. The van der Waals surface area contributed by atoms with Crippen molar-refractivity contribution in [2.24, 2.45) is 0 Å². The van der Waals surface area contributed by atoms with E-state index in [9.17, 15) is 0 Å². The fourth-order valence-corrected chi connectivity index (χ4v) is 1.82. The number of hydrogen-bond donors (Lipinski definition) is 1.